The third-order valence-corrected chi connectivity index (χ3v) is 4.60. The maximum atomic E-state index is 12.4. The number of carbonyl (C=O) groups excluding carboxylic acids is 1. The molecule has 1 heterocycles. The summed E-state index contributed by atoms with van der Waals surface area (Å²) in [6.45, 7) is 12.1. The number of hydrogen-bond donors (Lipinski definition) is 0. The second-order valence-corrected chi connectivity index (χ2v) is 6.97. The maximum Gasteiger partial charge on any atom is 0.458 e. The van der Waals surface area contributed by atoms with E-state index in [-0.39, 0.29) is 24.1 Å². The Balaban J connectivity index is 1.98. The molecule has 0 aromatic heterocycles. The zero-order chi connectivity index (χ0) is 15.8. The number of Topliss-reactive ketones (excluding diaryl/α,β-unsaturated/α-hetero) is 1. The van der Waals surface area contributed by atoms with Crippen LogP contribution in [0.3, 0.4) is 0 Å². The van der Waals surface area contributed by atoms with Crippen LogP contribution in [0.2, 0.25) is 6.32 Å². The van der Waals surface area contributed by atoms with Crippen LogP contribution in [0.5, 0.6) is 0 Å². The fourth-order valence-corrected chi connectivity index (χ4v) is 2.50. The summed E-state index contributed by atoms with van der Waals surface area (Å²) in [5.74, 6) is 0.158. The smallest absolute Gasteiger partial charge is 0.403 e. The molecule has 0 spiro atoms. The van der Waals surface area contributed by atoms with Crippen LogP contribution in [-0.4, -0.2) is 24.1 Å². The van der Waals surface area contributed by atoms with E-state index in [4.69, 9.17) is 9.31 Å². The van der Waals surface area contributed by atoms with Crippen molar-refractivity contribution in [2.75, 3.05) is 0 Å². The summed E-state index contributed by atoms with van der Waals surface area (Å²) in [4.78, 5) is 12.4. The molecule has 0 radical (unpaired) electrons. The Morgan fingerprint density at radius 3 is 2.24 bits per heavy atom. The normalized spacial score (nSPS) is 19.8. The predicted molar refractivity (Wildman–Crippen MR) is 85.8 cm³/mol. The minimum absolute atomic E-state index is 0.158. The van der Waals surface area contributed by atoms with Crippen LogP contribution in [0, 0.1) is 13.8 Å². The van der Waals surface area contributed by atoms with Gasteiger partial charge in [-0.15, -0.1) is 0 Å². The van der Waals surface area contributed by atoms with Crippen molar-refractivity contribution in [3.05, 3.63) is 34.9 Å². The quantitative estimate of drug-likeness (QED) is 0.621. The zero-order valence-corrected chi connectivity index (χ0v) is 13.9. The number of hydrogen-bond acceptors (Lipinski definition) is 3. The van der Waals surface area contributed by atoms with Gasteiger partial charge in [-0.25, -0.2) is 0 Å². The Morgan fingerprint density at radius 2 is 1.67 bits per heavy atom. The summed E-state index contributed by atoms with van der Waals surface area (Å²) in [5.41, 5.74) is 2.28. The van der Waals surface area contributed by atoms with E-state index in [1.807, 2.05) is 59.7 Å². The molecule has 1 aliphatic heterocycles. The minimum atomic E-state index is -0.333. The first-order valence-corrected chi connectivity index (χ1v) is 7.58. The van der Waals surface area contributed by atoms with Gasteiger partial charge in [-0.3, -0.25) is 4.79 Å². The fraction of sp³-hybridized carbons (Fsp3) is 0.588. The molecule has 1 aromatic carbocycles. The summed E-state index contributed by atoms with van der Waals surface area (Å²) in [6, 6.07) is 5.99. The van der Waals surface area contributed by atoms with E-state index < -0.39 is 0 Å². The van der Waals surface area contributed by atoms with Gasteiger partial charge in [-0.05, 0) is 59.5 Å². The van der Waals surface area contributed by atoms with Gasteiger partial charge in [0.15, 0.2) is 5.78 Å². The Kier molecular flexibility index (Phi) is 4.32. The van der Waals surface area contributed by atoms with E-state index in [0.29, 0.717) is 12.7 Å². The van der Waals surface area contributed by atoms with Crippen molar-refractivity contribution in [3.63, 3.8) is 0 Å². The van der Waals surface area contributed by atoms with Crippen molar-refractivity contribution in [1.29, 1.82) is 0 Å². The van der Waals surface area contributed by atoms with Crippen molar-refractivity contribution in [1.82, 2.24) is 0 Å². The Bertz CT molecular complexity index is 533. The van der Waals surface area contributed by atoms with E-state index in [1.54, 1.807) is 0 Å². The largest absolute Gasteiger partial charge is 0.458 e. The summed E-state index contributed by atoms with van der Waals surface area (Å²) in [5, 5.41) is 0. The predicted octanol–water partition coefficient (Wildman–Crippen LogP) is 3.97. The second kappa shape index (κ2) is 5.58. The maximum absolute atomic E-state index is 12.4. The summed E-state index contributed by atoms with van der Waals surface area (Å²) < 4.78 is 11.9. The Morgan fingerprint density at radius 1 is 1.10 bits per heavy atom. The molecule has 1 fully saturated rings. The lowest BCUT2D eigenvalue weighted by Crippen LogP contribution is -2.41. The molecule has 1 aliphatic rings. The molecule has 2 rings (SSSR count). The monoisotopic (exact) mass is 288 g/mol. The SMILES string of the molecule is Cc1ccc(C)c(C(=O)CCB2OC(C)(C)C(C)(C)O2)c1. The van der Waals surface area contributed by atoms with Gasteiger partial charge in [0.05, 0.1) is 11.2 Å². The summed E-state index contributed by atoms with van der Waals surface area (Å²) in [7, 11) is -0.302. The van der Waals surface area contributed by atoms with Crippen molar-refractivity contribution in [2.45, 2.75) is 65.5 Å². The van der Waals surface area contributed by atoms with Crippen LogP contribution in [-0.2, 0) is 9.31 Å². The standard InChI is InChI=1S/C17H25BO3/c1-12-7-8-13(2)14(11-12)15(19)9-10-18-20-16(3,4)17(5,6)21-18/h7-8,11H,9-10H2,1-6H3. The van der Waals surface area contributed by atoms with Crippen LogP contribution in [0.1, 0.15) is 55.6 Å². The lowest BCUT2D eigenvalue weighted by Gasteiger charge is -2.32. The van der Waals surface area contributed by atoms with Crippen molar-refractivity contribution < 1.29 is 14.1 Å². The summed E-state index contributed by atoms with van der Waals surface area (Å²) >= 11 is 0. The Hall–Kier alpha value is -1.13. The van der Waals surface area contributed by atoms with Gasteiger partial charge < -0.3 is 9.31 Å². The molecular weight excluding hydrogens is 263 g/mol. The van der Waals surface area contributed by atoms with E-state index >= 15 is 0 Å². The van der Waals surface area contributed by atoms with E-state index in [9.17, 15) is 4.79 Å². The highest BCUT2D eigenvalue weighted by Crippen LogP contribution is 2.38. The molecule has 0 N–H and O–H groups in total. The topological polar surface area (TPSA) is 35.5 Å². The molecule has 21 heavy (non-hydrogen) atoms. The molecule has 0 aliphatic carbocycles. The first-order valence-electron chi connectivity index (χ1n) is 7.58. The third-order valence-electron chi connectivity index (χ3n) is 4.60. The molecule has 3 nitrogen and oxygen atoms in total. The van der Waals surface area contributed by atoms with Crippen molar-refractivity contribution >= 4 is 12.9 Å². The van der Waals surface area contributed by atoms with Gasteiger partial charge in [-0.1, -0.05) is 17.7 Å². The molecule has 0 amide bonds. The molecule has 1 saturated heterocycles. The van der Waals surface area contributed by atoms with Crippen LogP contribution in [0.25, 0.3) is 0 Å². The van der Waals surface area contributed by atoms with Gasteiger partial charge in [-0.2, -0.15) is 0 Å². The Labute approximate surface area is 128 Å². The highest BCUT2D eigenvalue weighted by Gasteiger charge is 2.50. The number of rotatable bonds is 4. The van der Waals surface area contributed by atoms with Gasteiger partial charge in [0, 0.05) is 12.0 Å². The number of ketones is 1. The number of benzene rings is 1. The van der Waals surface area contributed by atoms with Gasteiger partial charge in [0.25, 0.3) is 0 Å². The number of carbonyl (C=O) groups is 1. The van der Waals surface area contributed by atoms with E-state index in [2.05, 4.69) is 0 Å². The molecular formula is C17H25BO3. The average molecular weight is 288 g/mol. The minimum Gasteiger partial charge on any atom is -0.403 e. The second-order valence-electron chi connectivity index (χ2n) is 6.97. The van der Waals surface area contributed by atoms with Gasteiger partial charge >= 0.3 is 7.12 Å². The lowest BCUT2D eigenvalue weighted by molar-refractivity contribution is 0.00578. The van der Waals surface area contributed by atoms with E-state index in [1.165, 1.54) is 0 Å². The highest BCUT2D eigenvalue weighted by atomic mass is 16.7. The molecule has 0 saturated carbocycles. The molecule has 0 bridgehead atoms. The molecule has 1 aromatic rings. The lowest BCUT2D eigenvalue weighted by atomic mass is 9.81. The fourth-order valence-electron chi connectivity index (χ4n) is 2.50. The highest BCUT2D eigenvalue weighted by molar-refractivity contribution is 6.46. The van der Waals surface area contributed by atoms with Gasteiger partial charge in [0.2, 0.25) is 0 Å². The van der Waals surface area contributed by atoms with Crippen LogP contribution in [0.15, 0.2) is 18.2 Å². The average Bonchev–Trinajstić information content (AvgIpc) is 2.58. The van der Waals surface area contributed by atoms with Crippen molar-refractivity contribution in [2.24, 2.45) is 0 Å². The first-order chi connectivity index (χ1) is 9.62. The molecule has 114 valence electrons. The van der Waals surface area contributed by atoms with Crippen LogP contribution < -0.4 is 0 Å². The molecule has 4 heteroatoms. The molecule has 0 atom stereocenters. The van der Waals surface area contributed by atoms with Crippen molar-refractivity contribution in [3.8, 4) is 0 Å². The molecule has 0 unspecified atom stereocenters. The third kappa shape index (κ3) is 3.38. The zero-order valence-electron chi connectivity index (χ0n) is 13.9. The summed E-state index contributed by atoms with van der Waals surface area (Å²) in [6.07, 6.45) is 1.04. The first kappa shape index (κ1) is 16.2. The van der Waals surface area contributed by atoms with E-state index in [0.717, 1.165) is 16.7 Å². The number of aryl methyl sites for hydroxylation is 2. The van der Waals surface area contributed by atoms with Gasteiger partial charge in [0.1, 0.15) is 0 Å². The van der Waals surface area contributed by atoms with Crippen LogP contribution in [0.4, 0.5) is 0 Å². The van der Waals surface area contributed by atoms with Crippen LogP contribution >= 0.6 is 0 Å².